The van der Waals surface area contributed by atoms with Crippen molar-refractivity contribution in [1.29, 1.82) is 0 Å². The monoisotopic (exact) mass is 430 g/mol. The van der Waals surface area contributed by atoms with Crippen molar-refractivity contribution < 1.29 is 23.4 Å². The second kappa shape index (κ2) is 9.36. The minimum atomic E-state index is -0.514. The summed E-state index contributed by atoms with van der Waals surface area (Å²) < 4.78 is 31.0. The molecule has 2 aromatic rings. The van der Waals surface area contributed by atoms with Gasteiger partial charge >= 0.3 is 6.09 Å². The summed E-state index contributed by atoms with van der Waals surface area (Å²) in [4.78, 5) is 21.3. The molecule has 1 saturated heterocycles. The van der Waals surface area contributed by atoms with E-state index in [1.807, 2.05) is 36.1 Å². The highest BCUT2D eigenvalue weighted by molar-refractivity contribution is 5.67. The number of halogens is 1. The van der Waals surface area contributed by atoms with E-state index in [-0.39, 0.29) is 23.8 Å². The molecule has 1 N–H and O–H groups in total. The summed E-state index contributed by atoms with van der Waals surface area (Å²) in [5, 5.41) is 2.72. The molecule has 31 heavy (non-hydrogen) atoms. The molecule has 0 unspecified atom stereocenters. The molecular formula is C22H27FN4O4. The summed E-state index contributed by atoms with van der Waals surface area (Å²) in [6.45, 7) is 3.54. The second-order valence-corrected chi connectivity index (χ2v) is 7.97. The number of hydrogen-bond donors (Lipinski definition) is 1. The quantitative estimate of drug-likeness (QED) is 0.686. The van der Waals surface area contributed by atoms with Crippen molar-refractivity contribution >= 4 is 11.9 Å². The van der Waals surface area contributed by atoms with E-state index in [9.17, 15) is 9.18 Å². The van der Waals surface area contributed by atoms with Crippen LogP contribution in [0.1, 0.15) is 37.8 Å². The molecule has 2 fully saturated rings. The van der Waals surface area contributed by atoms with Crippen molar-refractivity contribution in [1.82, 2.24) is 15.3 Å². The number of rotatable bonds is 8. The Morgan fingerprint density at radius 2 is 2.03 bits per heavy atom. The van der Waals surface area contributed by atoms with E-state index >= 15 is 0 Å². The third-order valence-corrected chi connectivity index (χ3v) is 5.54. The van der Waals surface area contributed by atoms with E-state index in [0.29, 0.717) is 25.6 Å². The van der Waals surface area contributed by atoms with Crippen LogP contribution in [-0.4, -0.2) is 49.0 Å². The van der Waals surface area contributed by atoms with Gasteiger partial charge in [0, 0.05) is 13.0 Å². The van der Waals surface area contributed by atoms with Crippen LogP contribution < -0.4 is 19.7 Å². The zero-order chi connectivity index (χ0) is 21.8. The summed E-state index contributed by atoms with van der Waals surface area (Å²) in [5.74, 6) is 1.00. The third-order valence-electron chi connectivity index (χ3n) is 5.54. The van der Waals surface area contributed by atoms with E-state index in [2.05, 4.69) is 20.0 Å². The average molecular weight is 430 g/mol. The van der Waals surface area contributed by atoms with Gasteiger partial charge in [-0.05, 0) is 43.4 Å². The number of anilines is 1. The van der Waals surface area contributed by atoms with Crippen LogP contribution >= 0.6 is 0 Å². The lowest BCUT2D eigenvalue weighted by molar-refractivity contribution is 0.167. The lowest BCUT2D eigenvalue weighted by Gasteiger charge is -2.19. The number of carbonyl (C=O) groups excluding carboxylic acids is 1. The summed E-state index contributed by atoms with van der Waals surface area (Å²) in [7, 11) is 1.33. The fourth-order valence-corrected chi connectivity index (χ4v) is 3.51. The molecule has 1 amide bonds. The number of ether oxygens (including phenoxy) is 3. The van der Waals surface area contributed by atoms with Gasteiger partial charge in [-0.25, -0.2) is 9.78 Å². The Hall–Kier alpha value is -3.10. The minimum absolute atomic E-state index is 0.0199. The van der Waals surface area contributed by atoms with Gasteiger partial charge in [-0.1, -0.05) is 12.1 Å². The van der Waals surface area contributed by atoms with E-state index in [4.69, 9.17) is 9.47 Å². The second-order valence-electron chi connectivity index (χ2n) is 7.97. The van der Waals surface area contributed by atoms with Crippen LogP contribution in [0.15, 0.2) is 30.6 Å². The van der Waals surface area contributed by atoms with Crippen molar-refractivity contribution in [3.8, 4) is 11.6 Å². The molecule has 8 nitrogen and oxygen atoms in total. The number of methoxy groups -OCH3 is 1. The first-order chi connectivity index (χ1) is 15.0. The van der Waals surface area contributed by atoms with Crippen molar-refractivity contribution in [3.63, 3.8) is 0 Å². The first-order valence-corrected chi connectivity index (χ1v) is 10.5. The first kappa shape index (κ1) is 21.1. The molecule has 0 radical (unpaired) electrons. The highest BCUT2D eigenvalue weighted by atomic mass is 19.1. The van der Waals surface area contributed by atoms with Gasteiger partial charge < -0.3 is 24.4 Å². The van der Waals surface area contributed by atoms with Crippen LogP contribution in [0.3, 0.4) is 0 Å². The van der Waals surface area contributed by atoms with Gasteiger partial charge in [0.2, 0.25) is 5.82 Å². The molecule has 2 heterocycles. The predicted molar refractivity (Wildman–Crippen MR) is 112 cm³/mol. The molecule has 0 bridgehead atoms. The lowest BCUT2D eigenvalue weighted by atomic mass is 10.1. The fourth-order valence-electron chi connectivity index (χ4n) is 3.51. The Bertz CT molecular complexity index is 907. The number of amides is 1. The van der Waals surface area contributed by atoms with Crippen molar-refractivity contribution in [3.05, 3.63) is 42.0 Å². The summed E-state index contributed by atoms with van der Waals surface area (Å²) >= 11 is 0. The Kier molecular flexibility index (Phi) is 6.39. The smallest absolute Gasteiger partial charge is 0.407 e. The Morgan fingerprint density at radius 3 is 2.74 bits per heavy atom. The molecule has 1 saturated carbocycles. The maximum atomic E-state index is 14.8. The van der Waals surface area contributed by atoms with Gasteiger partial charge in [0.15, 0.2) is 5.82 Å². The lowest BCUT2D eigenvalue weighted by Crippen LogP contribution is -2.27. The molecule has 4 rings (SSSR count). The number of aromatic nitrogens is 2. The van der Waals surface area contributed by atoms with Crippen LogP contribution in [0.5, 0.6) is 11.6 Å². The molecule has 1 aromatic carbocycles. The van der Waals surface area contributed by atoms with Gasteiger partial charge in [-0.2, -0.15) is 9.37 Å². The number of hydrogen-bond acceptors (Lipinski definition) is 7. The maximum absolute atomic E-state index is 14.8. The standard InChI is InChI=1S/C22H27FN4O4/c1-14(26-22(28)29-2)16-5-7-17(8-6-16)31-18-9-10-27(11-18)20-19(23)21(25-13-24-20)30-12-15-3-4-15/h5-8,13-15,18H,3-4,9-12H2,1-2H3,(H,26,28)/t14-,18+/m0/s1. The van der Waals surface area contributed by atoms with E-state index in [1.54, 1.807) is 0 Å². The molecule has 0 spiro atoms. The molecular weight excluding hydrogens is 403 g/mol. The number of carbonyl (C=O) groups is 1. The fraction of sp³-hybridized carbons (Fsp3) is 0.500. The van der Waals surface area contributed by atoms with Crippen LogP contribution in [0.25, 0.3) is 0 Å². The van der Waals surface area contributed by atoms with Gasteiger partial charge in [-0.15, -0.1) is 0 Å². The molecule has 9 heteroatoms. The summed E-state index contributed by atoms with van der Waals surface area (Å²) in [6.07, 6.45) is 3.80. The van der Waals surface area contributed by atoms with E-state index in [1.165, 1.54) is 13.4 Å². The highest BCUT2D eigenvalue weighted by Crippen LogP contribution is 2.31. The molecule has 2 aliphatic rings. The Balaban J connectivity index is 1.33. The Labute approximate surface area is 180 Å². The summed E-state index contributed by atoms with van der Waals surface area (Å²) in [6, 6.07) is 7.35. The number of alkyl carbamates (subject to hydrolysis) is 1. The van der Waals surface area contributed by atoms with Crippen molar-refractivity contribution in [2.45, 2.75) is 38.3 Å². The highest BCUT2D eigenvalue weighted by Gasteiger charge is 2.29. The van der Waals surface area contributed by atoms with Crippen LogP contribution in [0.2, 0.25) is 0 Å². The average Bonchev–Trinajstić information content (AvgIpc) is 3.50. The topological polar surface area (TPSA) is 85.8 Å². The predicted octanol–water partition coefficient (Wildman–Crippen LogP) is 3.48. The van der Waals surface area contributed by atoms with Crippen molar-refractivity contribution in [2.24, 2.45) is 5.92 Å². The maximum Gasteiger partial charge on any atom is 0.407 e. The molecule has 1 aromatic heterocycles. The number of nitrogens with zero attached hydrogens (tertiary/aromatic N) is 3. The van der Waals surface area contributed by atoms with Crippen LogP contribution in [0, 0.1) is 11.7 Å². The summed E-state index contributed by atoms with van der Waals surface area (Å²) in [5.41, 5.74) is 0.938. The van der Waals surface area contributed by atoms with Crippen molar-refractivity contribution in [2.75, 3.05) is 31.7 Å². The largest absolute Gasteiger partial charge is 0.489 e. The van der Waals surface area contributed by atoms with Gasteiger partial charge in [0.05, 0.1) is 26.3 Å². The molecule has 1 aliphatic heterocycles. The molecule has 166 valence electrons. The minimum Gasteiger partial charge on any atom is -0.489 e. The van der Waals surface area contributed by atoms with Gasteiger partial charge in [0.25, 0.3) is 5.88 Å². The number of benzene rings is 1. The van der Waals surface area contributed by atoms with Crippen LogP contribution in [0.4, 0.5) is 15.0 Å². The number of nitrogens with one attached hydrogen (secondary N) is 1. The van der Waals surface area contributed by atoms with Crippen LogP contribution in [-0.2, 0) is 4.74 Å². The van der Waals surface area contributed by atoms with E-state index < -0.39 is 11.9 Å². The van der Waals surface area contributed by atoms with Gasteiger partial charge in [0.1, 0.15) is 18.2 Å². The Morgan fingerprint density at radius 1 is 1.26 bits per heavy atom. The van der Waals surface area contributed by atoms with E-state index in [0.717, 1.165) is 30.6 Å². The third kappa shape index (κ3) is 5.34. The molecule has 1 aliphatic carbocycles. The normalized spacial score (nSPS) is 19.1. The molecule has 2 atom stereocenters. The zero-order valence-corrected chi connectivity index (χ0v) is 17.7. The first-order valence-electron chi connectivity index (χ1n) is 10.5. The SMILES string of the molecule is COC(=O)N[C@@H](C)c1ccc(O[C@@H]2CCN(c3ncnc(OCC4CC4)c3F)C2)cc1. The van der Waals surface area contributed by atoms with Gasteiger partial charge in [-0.3, -0.25) is 0 Å². The zero-order valence-electron chi connectivity index (χ0n) is 17.7.